The summed E-state index contributed by atoms with van der Waals surface area (Å²) in [6.45, 7) is 4.62. The molecule has 0 spiro atoms. The van der Waals surface area contributed by atoms with Crippen LogP contribution in [0.25, 0.3) is 0 Å². The zero-order valence-corrected chi connectivity index (χ0v) is 22.1. The Balaban J connectivity index is 1.99. The normalized spacial score (nSPS) is 19.8. The predicted octanol–water partition coefficient (Wildman–Crippen LogP) is 5.49. The van der Waals surface area contributed by atoms with E-state index in [1.807, 2.05) is 26.0 Å². The SMILES string of the molecule is CCC(CC)OC(=O)C1CCCCN1C(=O)C(c1cc(OC)c(OC)c(OC)c1)C1CCCCC1. The van der Waals surface area contributed by atoms with Gasteiger partial charge in [0.25, 0.3) is 0 Å². The van der Waals surface area contributed by atoms with Crippen LogP contribution in [0, 0.1) is 5.92 Å². The monoisotopic (exact) mass is 489 g/mol. The van der Waals surface area contributed by atoms with Gasteiger partial charge >= 0.3 is 5.97 Å². The first kappa shape index (κ1) is 27.2. The summed E-state index contributed by atoms with van der Waals surface area (Å²) in [4.78, 5) is 29.3. The van der Waals surface area contributed by atoms with Crippen molar-refractivity contribution in [1.29, 1.82) is 0 Å². The number of amides is 1. The number of benzene rings is 1. The molecule has 1 aliphatic heterocycles. The number of likely N-dealkylation sites (tertiary alicyclic amines) is 1. The van der Waals surface area contributed by atoms with Crippen molar-refractivity contribution in [2.45, 2.75) is 96.1 Å². The van der Waals surface area contributed by atoms with E-state index in [-0.39, 0.29) is 29.8 Å². The van der Waals surface area contributed by atoms with E-state index < -0.39 is 6.04 Å². The lowest BCUT2D eigenvalue weighted by atomic mass is 9.75. The minimum absolute atomic E-state index is 0.0115. The largest absolute Gasteiger partial charge is 0.493 e. The Bertz CT molecular complexity index is 821. The van der Waals surface area contributed by atoms with E-state index in [1.54, 1.807) is 26.2 Å². The van der Waals surface area contributed by atoms with Crippen LogP contribution in [-0.2, 0) is 14.3 Å². The van der Waals surface area contributed by atoms with Gasteiger partial charge in [-0.15, -0.1) is 0 Å². The van der Waals surface area contributed by atoms with Crippen molar-refractivity contribution >= 4 is 11.9 Å². The van der Waals surface area contributed by atoms with Gasteiger partial charge in [0.1, 0.15) is 12.1 Å². The summed E-state index contributed by atoms with van der Waals surface area (Å²) in [6.07, 6.45) is 9.31. The first-order chi connectivity index (χ1) is 17.0. The maximum absolute atomic E-state index is 14.3. The highest BCUT2D eigenvalue weighted by Crippen LogP contribution is 2.45. The molecule has 1 heterocycles. The average molecular weight is 490 g/mol. The predicted molar refractivity (Wildman–Crippen MR) is 135 cm³/mol. The van der Waals surface area contributed by atoms with Gasteiger partial charge in [-0.3, -0.25) is 4.79 Å². The standard InChI is InChI=1S/C28H43NO6/c1-6-21(7-2)35-28(31)22-15-11-12-16-29(22)27(30)25(19-13-9-8-10-14-19)20-17-23(32-3)26(34-5)24(18-20)33-4/h17-19,21-22,25H,6-16H2,1-5H3. The second-order valence-corrected chi connectivity index (χ2v) is 9.75. The van der Waals surface area contributed by atoms with Crippen LogP contribution in [0.1, 0.15) is 89.5 Å². The number of carbonyl (C=O) groups excluding carboxylic acids is 2. The lowest BCUT2D eigenvalue weighted by Crippen LogP contribution is -2.51. The van der Waals surface area contributed by atoms with Crippen molar-refractivity contribution in [2.24, 2.45) is 5.92 Å². The quantitative estimate of drug-likeness (QED) is 0.405. The number of piperidine rings is 1. The molecule has 35 heavy (non-hydrogen) atoms. The molecule has 7 nitrogen and oxygen atoms in total. The summed E-state index contributed by atoms with van der Waals surface area (Å²) < 4.78 is 22.5. The lowest BCUT2D eigenvalue weighted by molar-refractivity contribution is -0.162. The van der Waals surface area contributed by atoms with Gasteiger partial charge in [-0.2, -0.15) is 0 Å². The van der Waals surface area contributed by atoms with E-state index in [4.69, 9.17) is 18.9 Å². The van der Waals surface area contributed by atoms with Gasteiger partial charge in [0, 0.05) is 6.54 Å². The molecular weight excluding hydrogens is 446 g/mol. The van der Waals surface area contributed by atoms with Crippen LogP contribution in [0.4, 0.5) is 0 Å². The molecule has 0 N–H and O–H groups in total. The van der Waals surface area contributed by atoms with Crippen LogP contribution in [-0.4, -0.2) is 56.8 Å². The molecule has 196 valence electrons. The third-order valence-corrected chi connectivity index (χ3v) is 7.68. The maximum Gasteiger partial charge on any atom is 0.329 e. The Hall–Kier alpha value is -2.44. The van der Waals surface area contributed by atoms with Gasteiger partial charge in [0.05, 0.1) is 27.2 Å². The smallest absolute Gasteiger partial charge is 0.329 e. The van der Waals surface area contributed by atoms with Gasteiger partial charge in [-0.05, 0) is 68.6 Å². The fourth-order valence-corrected chi connectivity index (χ4v) is 5.68. The van der Waals surface area contributed by atoms with Crippen molar-refractivity contribution in [3.63, 3.8) is 0 Å². The Labute approximate surface area is 210 Å². The third kappa shape index (κ3) is 6.22. The van der Waals surface area contributed by atoms with Crippen molar-refractivity contribution < 1.29 is 28.5 Å². The fraction of sp³-hybridized carbons (Fsp3) is 0.714. The van der Waals surface area contributed by atoms with Crippen LogP contribution < -0.4 is 14.2 Å². The highest BCUT2D eigenvalue weighted by Gasteiger charge is 2.41. The number of hydrogen-bond donors (Lipinski definition) is 0. The van der Waals surface area contributed by atoms with Crippen LogP contribution in [0.3, 0.4) is 0 Å². The topological polar surface area (TPSA) is 74.3 Å². The average Bonchev–Trinajstić information content (AvgIpc) is 2.91. The van der Waals surface area contributed by atoms with Gasteiger partial charge in [-0.1, -0.05) is 33.1 Å². The molecular formula is C28H43NO6. The van der Waals surface area contributed by atoms with Gasteiger partial charge in [0.15, 0.2) is 11.5 Å². The van der Waals surface area contributed by atoms with Gasteiger partial charge in [-0.25, -0.2) is 4.79 Å². The first-order valence-electron chi connectivity index (χ1n) is 13.3. The zero-order valence-electron chi connectivity index (χ0n) is 22.1. The Morgan fingerprint density at radius 3 is 2.03 bits per heavy atom. The Morgan fingerprint density at radius 1 is 0.886 bits per heavy atom. The molecule has 1 amide bonds. The number of methoxy groups -OCH3 is 3. The molecule has 2 unspecified atom stereocenters. The van der Waals surface area contributed by atoms with Gasteiger partial charge < -0.3 is 23.8 Å². The molecule has 2 fully saturated rings. The van der Waals surface area contributed by atoms with E-state index in [0.29, 0.717) is 30.2 Å². The second kappa shape index (κ2) is 13.0. The molecule has 1 aromatic carbocycles. The maximum atomic E-state index is 14.3. The molecule has 2 aliphatic rings. The molecule has 1 saturated heterocycles. The summed E-state index contributed by atoms with van der Waals surface area (Å²) in [6, 6.07) is 3.28. The fourth-order valence-electron chi connectivity index (χ4n) is 5.68. The number of carbonyl (C=O) groups is 2. The molecule has 1 saturated carbocycles. The summed E-state index contributed by atoms with van der Waals surface area (Å²) in [5.74, 6) is 1.18. The molecule has 0 radical (unpaired) electrons. The van der Waals surface area contributed by atoms with E-state index in [1.165, 1.54) is 6.42 Å². The van der Waals surface area contributed by atoms with E-state index in [0.717, 1.165) is 56.9 Å². The summed E-state index contributed by atoms with van der Waals surface area (Å²) in [5.41, 5.74) is 0.856. The summed E-state index contributed by atoms with van der Waals surface area (Å²) >= 11 is 0. The molecule has 0 aromatic heterocycles. The minimum Gasteiger partial charge on any atom is -0.493 e. The zero-order chi connectivity index (χ0) is 25.4. The minimum atomic E-state index is -0.523. The van der Waals surface area contributed by atoms with E-state index >= 15 is 0 Å². The molecule has 2 atom stereocenters. The van der Waals surface area contributed by atoms with E-state index in [9.17, 15) is 9.59 Å². The highest BCUT2D eigenvalue weighted by molar-refractivity contribution is 5.89. The summed E-state index contributed by atoms with van der Waals surface area (Å²) in [7, 11) is 4.76. The summed E-state index contributed by atoms with van der Waals surface area (Å²) in [5, 5.41) is 0. The molecule has 0 bridgehead atoms. The van der Waals surface area contributed by atoms with Crippen LogP contribution >= 0.6 is 0 Å². The highest BCUT2D eigenvalue weighted by atomic mass is 16.5. The number of ether oxygens (including phenoxy) is 4. The van der Waals surface area contributed by atoms with Crippen molar-refractivity contribution in [2.75, 3.05) is 27.9 Å². The van der Waals surface area contributed by atoms with E-state index in [2.05, 4.69) is 0 Å². The Morgan fingerprint density at radius 2 is 1.49 bits per heavy atom. The lowest BCUT2D eigenvalue weighted by Gasteiger charge is -2.39. The number of nitrogens with zero attached hydrogens (tertiary/aromatic N) is 1. The van der Waals surface area contributed by atoms with Crippen LogP contribution in [0.2, 0.25) is 0 Å². The first-order valence-corrected chi connectivity index (χ1v) is 13.3. The molecule has 7 heteroatoms. The molecule has 3 rings (SSSR count). The number of hydrogen-bond acceptors (Lipinski definition) is 6. The molecule has 1 aliphatic carbocycles. The van der Waals surface area contributed by atoms with Crippen molar-refractivity contribution in [3.05, 3.63) is 17.7 Å². The van der Waals surface area contributed by atoms with Crippen LogP contribution in [0.15, 0.2) is 12.1 Å². The molecule has 1 aromatic rings. The van der Waals surface area contributed by atoms with Gasteiger partial charge in [0.2, 0.25) is 11.7 Å². The second-order valence-electron chi connectivity index (χ2n) is 9.75. The van der Waals surface area contributed by atoms with Crippen molar-refractivity contribution in [3.8, 4) is 17.2 Å². The van der Waals surface area contributed by atoms with Crippen LogP contribution in [0.5, 0.6) is 17.2 Å². The third-order valence-electron chi connectivity index (χ3n) is 7.68. The number of rotatable bonds is 10. The number of esters is 1. The Kier molecular flexibility index (Phi) is 10.1. The van der Waals surface area contributed by atoms with Crippen molar-refractivity contribution in [1.82, 2.24) is 4.90 Å².